The Kier molecular flexibility index (Phi) is 8.11. The van der Waals surface area contributed by atoms with Crippen LogP contribution in [-0.2, 0) is 0 Å². The summed E-state index contributed by atoms with van der Waals surface area (Å²) in [4.78, 5) is 19.9. The van der Waals surface area contributed by atoms with Crippen molar-refractivity contribution >= 4 is 32.3 Å². The van der Waals surface area contributed by atoms with E-state index in [4.69, 9.17) is 15.0 Å². The van der Waals surface area contributed by atoms with Gasteiger partial charge in [0, 0.05) is 28.5 Å². The maximum Gasteiger partial charge on any atom is 0.164 e. The maximum atomic E-state index is 5.19. The van der Waals surface area contributed by atoms with Crippen molar-refractivity contribution in [2.24, 2.45) is 0 Å². The molecular weight excluding hydrogens is 705 g/mol. The normalized spacial score (nSPS) is 11.4. The molecule has 0 saturated carbocycles. The van der Waals surface area contributed by atoms with Crippen molar-refractivity contribution in [1.29, 1.82) is 0 Å². The molecule has 0 aliphatic heterocycles. The number of hydrogen-bond donors (Lipinski definition) is 0. The van der Waals surface area contributed by atoms with Crippen LogP contribution in [0.5, 0.6) is 0 Å². The van der Waals surface area contributed by atoms with Crippen molar-refractivity contribution < 1.29 is 0 Å². The number of nitrogens with zero attached hydrogens (tertiary/aromatic N) is 4. The number of pyridine rings is 1. The quantitative estimate of drug-likeness (QED) is 0.153. The van der Waals surface area contributed by atoms with Gasteiger partial charge in [0.2, 0.25) is 0 Å². The van der Waals surface area contributed by atoms with Crippen molar-refractivity contribution in [3.05, 3.63) is 206 Å². The topological polar surface area (TPSA) is 51.6 Å². The van der Waals surface area contributed by atoms with E-state index in [1.165, 1.54) is 37.9 Å². The molecule has 270 valence electrons. The van der Waals surface area contributed by atoms with Crippen LogP contribution in [0.2, 0.25) is 0 Å². The summed E-state index contributed by atoms with van der Waals surface area (Å²) in [5.74, 6) is 1.87. The fraction of sp³-hybridized carbons (Fsp3) is 0. The minimum atomic E-state index is 0.615. The first-order chi connectivity index (χ1) is 28.7. The second-order valence-corrected chi connectivity index (χ2v) is 14.7. The molecule has 0 bridgehead atoms. The largest absolute Gasteiger partial charge is 0.256 e. The van der Waals surface area contributed by atoms with Gasteiger partial charge < -0.3 is 0 Å². The predicted molar refractivity (Wildman–Crippen MR) is 239 cm³/mol. The van der Waals surface area contributed by atoms with Gasteiger partial charge in [0.05, 0.1) is 5.69 Å². The fourth-order valence-corrected chi connectivity index (χ4v) is 8.17. The number of aromatic nitrogens is 4. The Balaban J connectivity index is 1.02. The third kappa shape index (κ3) is 6.14. The summed E-state index contributed by atoms with van der Waals surface area (Å²) in [6.07, 6.45) is 1.83. The second-order valence-electron chi connectivity index (χ2n) is 14.7. The molecule has 2 heterocycles. The highest BCUT2D eigenvalue weighted by Crippen LogP contribution is 2.38. The SMILES string of the molecule is c1ccc(-c2cc(-c3ccc(-c4ccccn4)cc3)cc(-c3nc(-c4ccccc4)nc(-c4ccc(-c5cc6ccc7cccc8ccc(c5)c6c78)cc4)n3)c2)cc1. The van der Waals surface area contributed by atoms with E-state index in [1.807, 2.05) is 60.8 Å². The molecule has 0 aliphatic carbocycles. The first kappa shape index (κ1) is 33.5. The van der Waals surface area contributed by atoms with Crippen LogP contribution in [0, 0.1) is 0 Å². The highest BCUT2D eigenvalue weighted by molar-refractivity contribution is 6.23. The number of benzene rings is 9. The maximum absolute atomic E-state index is 5.19. The summed E-state index contributed by atoms with van der Waals surface area (Å²) in [6, 6.07) is 70.5. The minimum Gasteiger partial charge on any atom is -0.256 e. The van der Waals surface area contributed by atoms with E-state index in [9.17, 15) is 0 Å². The van der Waals surface area contributed by atoms with Crippen molar-refractivity contribution in [1.82, 2.24) is 19.9 Å². The first-order valence-corrected chi connectivity index (χ1v) is 19.5. The van der Waals surface area contributed by atoms with Crippen molar-refractivity contribution in [2.75, 3.05) is 0 Å². The third-order valence-corrected chi connectivity index (χ3v) is 11.1. The van der Waals surface area contributed by atoms with Crippen LogP contribution in [-0.4, -0.2) is 19.9 Å². The van der Waals surface area contributed by atoms with Crippen LogP contribution in [0.1, 0.15) is 0 Å². The Hall–Kier alpha value is -7.82. The molecule has 9 aromatic carbocycles. The standard InChI is InChI=1S/C54H34N4/c1-3-10-35(11-4-1)46-32-47(36-17-21-38(22-18-36)49-16-7-8-29-55-49)34-48(33-46)54-57-52(41-12-5-2-6-13-41)56-53(58-54)42-25-19-37(20-26-42)45-30-43-27-23-39-14-9-15-40-24-28-44(31-45)51(43)50(39)40/h1-34H. The Morgan fingerprint density at radius 1 is 0.241 bits per heavy atom. The van der Waals surface area contributed by atoms with Gasteiger partial charge in [-0.25, -0.2) is 15.0 Å². The first-order valence-electron chi connectivity index (χ1n) is 19.5. The van der Waals surface area contributed by atoms with Crippen LogP contribution in [0.25, 0.3) is 111 Å². The summed E-state index contributed by atoms with van der Waals surface area (Å²) < 4.78 is 0. The van der Waals surface area contributed by atoms with E-state index in [0.29, 0.717) is 17.5 Å². The summed E-state index contributed by atoms with van der Waals surface area (Å²) in [7, 11) is 0. The Morgan fingerprint density at radius 3 is 1.22 bits per heavy atom. The summed E-state index contributed by atoms with van der Waals surface area (Å²) in [5.41, 5.74) is 11.5. The molecule has 0 N–H and O–H groups in total. The molecule has 4 nitrogen and oxygen atoms in total. The van der Waals surface area contributed by atoms with Gasteiger partial charge >= 0.3 is 0 Å². The van der Waals surface area contributed by atoms with Crippen LogP contribution in [0.3, 0.4) is 0 Å². The molecule has 0 amide bonds. The molecule has 0 aliphatic rings. The smallest absolute Gasteiger partial charge is 0.164 e. The second kappa shape index (κ2) is 14.0. The zero-order chi connectivity index (χ0) is 38.4. The van der Waals surface area contributed by atoms with Crippen LogP contribution < -0.4 is 0 Å². The zero-order valence-electron chi connectivity index (χ0n) is 31.4. The van der Waals surface area contributed by atoms with Gasteiger partial charge in [-0.1, -0.05) is 158 Å². The summed E-state index contributed by atoms with van der Waals surface area (Å²) in [6.45, 7) is 0. The minimum absolute atomic E-state index is 0.615. The number of hydrogen-bond acceptors (Lipinski definition) is 4. The predicted octanol–water partition coefficient (Wildman–Crippen LogP) is 13.8. The molecule has 0 atom stereocenters. The molecule has 4 heteroatoms. The lowest BCUT2D eigenvalue weighted by Gasteiger charge is -2.14. The molecule has 58 heavy (non-hydrogen) atoms. The van der Waals surface area contributed by atoms with Gasteiger partial charge in [-0.15, -0.1) is 0 Å². The average Bonchev–Trinajstić information content (AvgIpc) is 3.31. The van der Waals surface area contributed by atoms with Crippen LogP contribution in [0.15, 0.2) is 206 Å². The van der Waals surface area contributed by atoms with Gasteiger partial charge in [0.1, 0.15) is 0 Å². The molecule has 11 rings (SSSR count). The Morgan fingerprint density at radius 2 is 0.655 bits per heavy atom. The molecule has 2 aromatic heterocycles. The Labute approximate surface area is 336 Å². The number of rotatable bonds is 7. The van der Waals surface area contributed by atoms with E-state index in [1.54, 1.807) is 0 Å². The van der Waals surface area contributed by atoms with Crippen molar-refractivity contribution in [3.8, 4) is 78.8 Å². The van der Waals surface area contributed by atoms with E-state index >= 15 is 0 Å². The van der Waals surface area contributed by atoms with E-state index < -0.39 is 0 Å². The summed E-state index contributed by atoms with van der Waals surface area (Å²) >= 11 is 0. The highest BCUT2D eigenvalue weighted by atomic mass is 15.0. The molecule has 0 saturated heterocycles. The Bertz CT molecular complexity index is 3170. The molecule has 0 unspecified atom stereocenters. The van der Waals surface area contributed by atoms with Crippen molar-refractivity contribution in [2.45, 2.75) is 0 Å². The van der Waals surface area contributed by atoms with E-state index in [0.717, 1.165) is 55.8 Å². The fourth-order valence-electron chi connectivity index (χ4n) is 8.17. The van der Waals surface area contributed by atoms with Crippen LogP contribution >= 0.6 is 0 Å². The van der Waals surface area contributed by atoms with Gasteiger partial charge in [-0.05, 0) is 108 Å². The molecule has 0 spiro atoms. The lowest BCUT2D eigenvalue weighted by Crippen LogP contribution is -2.00. The van der Waals surface area contributed by atoms with Crippen LogP contribution in [0.4, 0.5) is 0 Å². The monoisotopic (exact) mass is 738 g/mol. The van der Waals surface area contributed by atoms with E-state index in [2.05, 4.69) is 151 Å². The van der Waals surface area contributed by atoms with Crippen molar-refractivity contribution in [3.63, 3.8) is 0 Å². The van der Waals surface area contributed by atoms with Gasteiger partial charge in [0.15, 0.2) is 17.5 Å². The molecule has 11 aromatic rings. The average molecular weight is 739 g/mol. The highest BCUT2D eigenvalue weighted by Gasteiger charge is 2.16. The lowest BCUT2D eigenvalue weighted by molar-refractivity contribution is 1.07. The molecule has 0 radical (unpaired) electrons. The molecular formula is C54H34N4. The molecule has 0 fully saturated rings. The van der Waals surface area contributed by atoms with Gasteiger partial charge in [0.25, 0.3) is 0 Å². The van der Waals surface area contributed by atoms with Gasteiger partial charge in [-0.3, -0.25) is 4.98 Å². The summed E-state index contributed by atoms with van der Waals surface area (Å²) in [5, 5.41) is 7.70. The third-order valence-electron chi connectivity index (χ3n) is 11.1. The van der Waals surface area contributed by atoms with E-state index in [-0.39, 0.29) is 0 Å². The zero-order valence-corrected chi connectivity index (χ0v) is 31.4. The van der Waals surface area contributed by atoms with Gasteiger partial charge in [-0.2, -0.15) is 0 Å². The lowest BCUT2D eigenvalue weighted by atomic mass is 9.91.